The van der Waals surface area contributed by atoms with E-state index in [1.54, 1.807) is 6.92 Å². The average Bonchev–Trinajstić information content (AvgIpc) is 2.41. The molecule has 0 saturated carbocycles. The van der Waals surface area contributed by atoms with Crippen LogP contribution >= 0.6 is 15.9 Å². The van der Waals surface area contributed by atoms with Crippen LogP contribution in [0, 0.1) is 0 Å². The minimum atomic E-state index is -0.479. The molecular formula is C14H19BrN2O2. The lowest BCUT2D eigenvalue weighted by Gasteiger charge is -2.32. The lowest BCUT2D eigenvalue weighted by Crippen LogP contribution is -2.47. The Bertz CT molecular complexity index is 445. The van der Waals surface area contributed by atoms with Gasteiger partial charge in [-0.05, 0) is 47.8 Å². The standard InChI is InChI=1S/C14H19BrN2O2/c1-10(19-13-5-3-2-4-12(13)15)14(18)17-8-6-11(16)7-9-17/h2-5,10-11H,6-9,16H2,1H3. The zero-order chi connectivity index (χ0) is 13.8. The van der Waals surface area contributed by atoms with Gasteiger partial charge in [0.15, 0.2) is 6.10 Å². The van der Waals surface area contributed by atoms with Gasteiger partial charge in [-0.1, -0.05) is 12.1 Å². The van der Waals surface area contributed by atoms with Crippen LogP contribution in [0.4, 0.5) is 0 Å². The molecule has 5 heteroatoms. The van der Waals surface area contributed by atoms with Gasteiger partial charge in [-0.25, -0.2) is 0 Å². The minimum absolute atomic E-state index is 0.0302. The van der Waals surface area contributed by atoms with Crippen LogP contribution in [-0.4, -0.2) is 36.0 Å². The molecule has 0 bridgehead atoms. The summed E-state index contributed by atoms with van der Waals surface area (Å²) < 4.78 is 6.57. The van der Waals surface area contributed by atoms with E-state index in [9.17, 15) is 4.79 Å². The first kappa shape index (κ1) is 14.3. The largest absolute Gasteiger partial charge is 0.480 e. The molecule has 1 heterocycles. The molecule has 0 radical (unpaired) electrons. The van der Waals surface area contributed by atoms with Gasteiger partial charge in [0.1, 0.15) is 5.75 Å². The zero-order valence-electron chi connectivity index (χ0n) is 11.0. The van der Waals surface area contributed by atoms with Crippen LogP contribution in [0.1, 0.15) is 19.8 Å². The van der Waals surface area contributed by atoms with Crippen molar-refractivity contribution in [1.29, 1.82) is 0 Å². The van der Waals surface area contributed by atoms with Crippen molar-refractivity contribution in [2.75, 3.05) is 13.1 Å². The summed E-state index contributed by atoms with van der Waals surface area (Å²) >= 11 is 3.41. The van der Waals surface area contributed by atoms with Gasteiger partial charge >= 0.3 is 0 Å². The smallest absolute Gasteiger partial charge is 0.263 e. The number of nitrogens with two attached hydrogens (primary N) is 1. The molecular weight excluding hydrogens is 308 g/mol. The van der Waals surface area contributed by atoms with Crippen LogP contribution < -0.4 is 10.5 Å². The first-order chi connectivity index (χ1) is 9.08. The zero-order valence-corrected chi connectivity index (χ0v) is 12.6. The minimum Gasteiger partial charge on any atom is -0.480 e. The summed E-state index contributed by atoms with van der Waals surface area (Å²) in [4.78, 5) is 14.1. The number of nitrogens with zero attached hydrogens (tertiary/aromatic N) is 1. The summed E-state index contributed by atoms with van der Waals surface area (Å²) in [6.07, 6.45) is 1.26. The van der Waals surface area contributed by atoms with E-state index < -0.39 is 6.10 Å². The number of halogens is 1. The van der Waals surface area contributed by atoms with Crippen LogP contribution in [0.2, 0.25) is 0 Å². The molecule has 1 aliphatic rings. The van der Waals surface area contributed by atoms with Gasteiger partial charge < -0.3 is 15.4 Å². The second kappa shape index (κ2) is 6.39. The fraction of sp³-hybridized carbons (Fsp3) is 0.500. The molecule has 1 fully saturated rings. The molecule has 104 valence electrons. The second-order valence-corrected chi connectivity index (χ2v) is 5.71. The highest BCUT2D eigenvalue weighted by atomic mass is 79.9. The molecule has 2 N–H and O–H groups in total. The predicted octanol–water partition coefficient (Wildman–Crippen LogP) is 2.17. The van der Waals surface area contributed by atoms with Gasteiger partial charge in [-0.15, -0.1) is 0 Å². The number of likely N-dealkylation sites (tertiary alicyclic amines) is 1. The second-order valence-electron chi connectivity index (χ2n) is 4.85. The van der Waals surface area contributed by atoms with E-state index in [1.807, 2.05) is 29.2 Å². The van der Waals surface area contributed by atoms with E-state index in [2.05, 4.69) is 15.9 Å². The van der Waals surface area contributed by atoms with E-state index in [0.717, 1.165) is 30.4 Å². The quantitative estimate of drug-likeness (QED) is 0.926. The fourth-order valence-corrected chi connectivity index (χ4v) is 2.54. The summed E-state index contributed by atoms with van der Waals surface area (Å²) in [6.45, 7) is 3.24. The molecule has 1 amide bonds. The molecule has 0 aromatic heterocycles. The molecule has 1 unspecified atom stereocenters. The number of hydrogen-bond acceptors (Lipinski definition) is 3. The van der Waals surface area contributed by atoms with Crippen LogP contribution in [0.3, 0.4) is 0 Å². The Morgan fingerprint density at radius 1 is 1.42 bits per heavy atom. The molecule has 4 nitrogen and oxygen atoms in total. The van der Waals surface area contributed by atoms with Gasteiger partial charge in [-0.2, -0.15) is 0 Å². The van der Waals surface area contributed by atoms with Gasteiger partial charge in [-0.3, -0.25) is 4.79 Å². The first-order valence-corrected chi connectivity index (χ1v) is 7.33. The van der Waals surface area contributed by atoms with Crippen LogP contribution in [0.15, 0.2) is 28.7 Å². The first-order valence-electron chi connectivity index (χ1n) is 6.53. The van der Waals surface area contributed by atoms with Gasteiger partial charge in [0.2, 0.25) is 0 Å². The molecule has 1 aliphatic heterocycles. The average molecular weight is 327 g/mol. The SMILES string of the molecule is CC(Oc1ccccc1Br)C(=O)N1CCC(N)CC1. The lowest BCUT2D eigenvalue weighted by atomic mass is 10.1. The monoisotopic (exact) mass is 326 g/mol. The van der Waals surface area contributed by atoms with Crippen LogP contribution in [0.5, 0.6) is 5.75 Å². The Labute approximate surface area is 122 Å². The number of rotatable bonds is 3. The Balaban J connectivity index is 1.94. The summed E-state index contributed by atoms with van der Waals surface area (Å²) in [5, 5.41) is 0. The highest BCUT2D eigenvalue weighted by molar-refractivity contribution is 9.10. The summed E-state index contributed by atoms with van der Waals surface area (Å²) in [5.74, 6) is 0.722. The highest BCUT2D eigenvalue weighted by Gasteiger charge is 2.25. The predicted molar refractivity (Wildman–Crippen MR) is 78.0 cm³/mol. The van der Waals surface area contributed by atoms with Gasteiger partial charge in [0.25, 0.3) is 5.91 Å². The van der Waals surface area contributed by atoms with Crippen LogP contribution in [-0.2, 0) is 4.79 Å². The normalized spacial score (nSPS) is 18.2. The van der Waals surface area contributed by atoms with E-state index in [0.29, 0.717) is 5.75 Å². The Morgan fingerprint density at radius 3 is 2.68 bits per heavy atom. The maximum Gasteiger partial charge on any atom is 0.263 e. The molecule has 1 saturated heterocycles. The van der Waals surface area contributed by atoms with Crippen molar-refractivity contribution >= 4 is 21.8 Å². The lowest BCUT2D eigenvalue weighted by molar-refractivity contribution is -0.139. The third-order valence-electron chi connectivity index (χ3n) is 3.34. The van der Waals surface area contributed by atoms with Gasteiger partial charge in [0, 0.05) is 19.1 Å². The summed E-state index contributed by atoms with van der Waals surface area (Å²) in [5.41, 5.74) is 5.84. The van der Waals surface area contributed by atoms with E-state index in [1.165, 1.54) is 0 Å². The van der Waals surface area contributed by atoms with Crippen molar-refractivity contribution < 1.29 is 9.53 Å². The van der Waals surface area contributed by atoms with Crippen molar-refractivity contribution in [3.05, 3.63) is 28.7 Å². The molecule has 2 rings (SSSR count). The van der Waals surface area contributed by atoms with E-state index >= 15 is 0 Å². The number of ether oxygens (including phenoxy) is 1. The maximum absolute atomic E-state index is 12.3. The number of hydrogen-bond donors (Lipinski definition) is 1. The third kappa shape index (κ3) is 3.70. The number of amides is 1. The topological polar surface area (TPSA) is 55.6 Å². The van der Waals surface area contributed by atoms with Crippen molar-refractivity contribution in [3.63, 3.8) is 0 Å². The third-order valence-corrected chi connectivity index (χ3v) is 3.99. The number of carbonyl (C=O) groups excluding carboxylic acids is 1. The fourth-order valence-electron chi connectivity index (χ4n) is 2.16. The Kier molecular flexibility index (Phi) is 4.82. The molecule has 1 aromatic carbocycles. The van der Waals surface area contributed by atoms with Crippen molar-refractivity contribution in [1.82, 2.24) is 4.90 Å². The molecule has 0 aliphatic carbocycles. The van der Waals surface area contributed by atoms with E-state index in [4.69, 9.17) is 10.5 Å². The highest BCUT2D eigenvalue weighted by Crippen LogP contribution is 2.25. The molecule has 1 atom stereocenters. The van der Waals surface area contributed by atoms with E-state index in [-0.39, 0.29) is 11.9 Å². The van der Waals surface area contributed by atoms with Crippen molar-refractivity contribution in [2.24, 2.45) is 5.73 Å². The number of piperidine rings is 1. The number of benzene rings is 1. The molecule has 0 spiro atoms. The number of para-hydroxylation sites is 1. The summed E-state index contributed by atoms with van der Waals surface area (Å²) in [7, 11) is 0. The van der Waals surface area contributed by atoms with Crippen molar-refractivity contribution in [3.8, 4) is 5.75 Å². The maximum atomic E-state index is 12.3. The molecule has 1 aromatic rings. The Hall–Kier alpha value is -1.07. The summed E-state index contributed by atoms with van der Waals surface area (Å²) in [6, 6.07) is 7.77. The van der Waals surface area contributed by atoms with Crippen molar-refractivity contribution in [2.45, 2.75) is 31.9 Å². The van der Waals surface area contributed by atoms with Crippen LogP contribution in [0.25, 0.3) is 0 Å². The molecule has 19 heavy (non-hydrogen) atoms. The number of carbonyl (C=O) groups is 1. The van der Waals surface area contributed by atoms with Gasteiger partial charge in [0.05, 0.1) is 4.47 Å². The Morgan fingerprint density at radius 2 is 2.05 bits per heavy atom.